The minimum atomic E-state index is -3.08. The van der Waals surface area contributed by atoms with Crippen LogP contribution in [0.3, 0.4) is 0 Å². The predicted octanol–water partition coefficient (Wildman–Crippen LogP) is 0.458. The molecule has 0 unspecified atom stereocenters. The summed E-state index contributed by atoms with van der Waals surface area (Å²) in [6, 6.07) is 1.60. The third kappa shape index (κ3) is 3.74. The topological polar surface area (TPSA) is 57.9 Å². The summed E-state index contributed by atoms with van der Waals surface area (Å²) >= 11 is 0. The standard InChI is InChI=1S/C5H7NO2S/c1-2-9(7,8)5-3-4-6/h3,5H,2H2,1H3/b5-3-. The Labute approximate surface area is 54.5 Å². The van der Waals surface area contributed by atoms with Gasteiger partial charge in [0, 0.05) is 11.5 Å². The van der Waals surface area contributed by atoms with E-state index < -0.39 is 9.84 Å². The Morgan fingerprint density at radius 2 is 2.22 bits per heavy atom. The van der Waals surface area contributed by atoms with Crippen LogP contribution in [0.2, 0.25) is 0 Å². The molecular formula is C5H7NO2S. The lowest BCUT2D eigenvalue weighted by molar-refractivity contribution is 0.606. The normalized spacial score (nSPS) is 11.6. The molecule has 0 saturated carbocycles. The Balaban J connectivity index is 4.26. The number of nitriles is 1. The fraction of sp³-hybridized carbons (Fsp3) is 0.400. The Morgan fingerprint density at radius 3 is 2.56 bits per heavy atom. The van der Waals surface area contributed by atoms with Gasteiger partial charge in [-0.3, -0.25) is 0 Å². The van der Waals surface area contributed by atoms with Gasteiger partial charge in [0.05, 0.1) is 11.8 Å². The second kappa shape index (κ2) is 3.25. The molecule has 0 fully saturated rings. The van der Waals surface area contributed by atoms with Crippen molar-refractivity contribution in [2.75, 3.05) is 5.75 Å². The van der Waals surface area contributed by atoms with Gasteiger partial charge in [-0.1, -0.05) is 6.92 Å². The van der Waals surface area contributed by atoms with Crippen LogP contribution in [0.25, 0.3) is 0 Å². The average Bonchev–Trinajstić information content (AvgIpc) is 1.84. The number of allylic oxidation sites excluding steroid dienone is 1. The molecule has 0 saturated heterocycles. The molecule has 0 aromatic rings. The van der Waals surface area contributed by atoms with Crippen molar-refractivity contribution >= 4 is 9.84 Å². The third-order valence-electron chi connectivity index (χ3n) is 0.752. The SMILES string of the molecule is CCS(=O)(=O)/C=C\C#N. The number of nitrogens with zero attached hydrogens (tertiary/aromatic N) is 1. The quantitative estimate of drug-likeness (QED) is 0.530. The number of hydrogen-bond donors (Lipinski definition) is 0. The molecule has 0 aliphatic carbocycles. The molecule has 3 nitrogen and oxygen atoms in total. The number of rotatable bonds is 2. The van der Waals surface area contributed by atoms with Gasteiger partial charge in [0.15, 0.2) is 9.84 Å². The van der Waals surface area contributed by atoms with E-state index in [0.717, 1.165) is 11.5 Å². The highest BCUT2D eigenvalue weighted by molar-refractivity contribution is 7.94. The van der Waals surface area contributed by atoms with E-state index in [0.29, 0.717) is 0 Å². The van der Waals surface area contributed by atoms with Crippen LogP contribution >= 0.6 is 0 Å². The van der Waals surface area contributed by atoms with Crippen molar-refractivity contribution in [2.24, 2.45) is 0 Å². The van der Waals surface area contributed by atoms with Crippen molar-refractivity contribution in [3.8, 4) is 6.07 Å². The summed E-state index contributed by atoms with van der Waals surface area (Å²) in [6.45, 7) is 1.52. The lowest BCUT2D eigenvalue weighted by Gasteiger charge is -1.85. The molecule has 0 aromatic heterocycles. The summed E-state index contributed by atoms with van der Waals surface area (Å²) < 4.78 is 21.0. The van der Waals surface area contributed by atoms with E-state index >= 15 is 0 Å². The highest BCUT2D eigenvalue weighted by Gasteiger charge is 1.97. The maximum atomic E-state index is 10.5. The van der Waals surface area contributed by atoms with Crippen LogP contribution in [0.5, 0.6) is 0 Å². The van der Waals surface area contributed by atoms with Crippen LogP contribution in [-0.4, -0.2) is 14.2 Å². The fourth-order valence-corrected chi connectivity index (χ4v) is 0.691. The van der Waals surface area contributed by atoms with Crippen molar-refractivity contribution in [2.45, 2.75) is 6.92 Å². The number of sulfone groups is 1. The molecule has 0 rings (SSSR count). The molecule has 0 N–H and O–H groups in total. The molecule has 0 atom stereocenters. The molecule has 0 amide bonds. The highest BCUT2D eigenvalue weighted by atomic mass is 32.2. The van der Waals surface area contributed by atoms with E-state index in [2.05, 4.69) is 0 Å². The van der Waals surface area contributed by atoms with Crippen molar-refractivity contribution in [1.82, 2.24) is 0 Å². The molecule has 0 spiro atoms. The van der Waals surface area contributed by atoms with E-state index in [1.807, 2.05) is 0 Å². The zero-order valence-corrected chi connectivity index (χ0v) is 5.85. The lowest BCUT2D eigenvalue weighted by atomic mass is 10.7. The first kappa shape index (κ1) is 8.18. The van der Waals surface area contributed by atoms with E-state index in [4.69, 9.17) is 5.26 Å². The summed E-state index contributed by atoms with van der Waals surface area (Å²) in [5.74, 6) is 0.0468. The molecule has 0 bridgehead atoms. The Bertz CT molecular complexity index is 232. The highest BCUT2D eigenvalue weighted by Crippen LogP contribution is 1.89. The van der Waals surface area contributed by atoms with Gasteiger partial charge in [-0.25, -0.2) is 8.42 Å². The van der Waals surface area contributed by atoms with Crippen molar-refractivity contribution in [3.05, 3.63) is 11.5 Å². The van der Waals surface area contributed by atoms with Gasteiger partial charge in [-0.05, 0) is 0 Å². The first-order chi connectivity index (χ1) is 4.12. The van der Waals surface area contributed by atoms with Gasteiger partial charge in [-0.2, -0.15) is 5.26 Å². The van der Waals surface area contributed by atoms with Crippen LogP contribution in [0.1, 0.15) is 6.92 Å². The van der Waals surface area contributed by atoms with Crippen molar-refractivity contribution in [3.63, 3.8) is 0 Å². The van der Waals surface area contributed by atoms with Gasteiger partial charge in [0.2, 0.25) is 0 Å². The lowest BCUT2D eigenvalue weighted by Crippen LogP contribution is -1.96. The molecule has 4 heteroatoms. The largest absolute Gasteiger partial charge is 0.224 e. The second-order valence-corrected chi connectivity index (χ2v) is 3.56. The fourth-order valence-electron chi connectivity index (χ4n) is 0.230. The van der Waals surface area contributed by atoms with E-state index in [-0.39, 0.29) is 5.75 Å². The summed E-state index contributed by atoms with van der Waals surface area (Å²) in [6.07, 6.45) is 0.957. The molecule has 0 aliphatic heterocycles. The van der Waals surface area contributed by atoms with Crippen molar-refractivity contribution in [1.29, 1.82) is 5.26 Å². The van der Waals surface area contributed by atoms with Gasteiger partial charge in [-0.15, -0.1) is 0 Å². The average molecular weight is 145 g/mol. The first-order valence-corrected chi connectivity index (χ1v) is 4.13. The van der Waals surface area contributed by atoms with Crippen LogP contribution < -0.4 is 0 Å². The van der Waals surface area contributed by atoms with E-state index in [9.17, 15) is 8.42 Å². The Hall–Kier alpha value is -0.820. The minimum Gasteiger partial charge on any atom is -0.224 e. The van der Waals surface area contributed by atoms with E-state index in [1.54, 1.807) is 6.07 Å². The third-order valence-corrected chi connectivity index (χ3v) is 2.11. The molecule has 50 valence electrons. The van der Waals surface area contributed by atoms with Crippen molar-refractivity contribution < 1.29 is 8.42 Å². The van der Waals surface area contributed by atoms with Crippen LogP contribution in [0.4, 0.5) is 0 Å². The molecule has 9 heavy (non-hydrogen) atoms. The molecule has 0 radical (unpaired) electrons. The smallest absolute Gasteiger partial charge is 0.172 e. The molecule has 0 aliphatic rings. The zero-order valence-electron chi connectivity index (χ0n) is 5.03. The summed E-state index contributed by atoms with van der Waals surface area (Å²) in [5, 5.41) is 8.83. The molecule has 0 aromatic carbocycles. The Kier molecular flexibility index (Phi) is 2.96. The first-order valence-electron chi connectivity index (χ1n) is 2.41. The van der Waals surface area contributed by atoms with Gasteiger partial charge in [0.1, 0.15) is 0 Å². The second-order valence-electron chi connectivity index (χ2n) is 1.38. The number of hydrogen-bond acceptors (Lipinski definition) is 3. The zero-order chi connectivity index (χ0) is 7.33. The Morgan fingerprint density at radius 1 is 1.67 bits per heavy atom. The van der Waals surface area contributed by atoms with Gasteiger partial charge < -0.3 is 0 Å². The van der Waals surface area contributed by atoms with Gasteiger partial charge >= 0.3 is 0 Å². The summed E-state index contributed by atoms with van der Waals surface area (Å²) in [4.78, 5) is 0. The summed E-state index contributed by atoms with van der Waals surface area (Å²) in [7, 11) is -3.08. The summed E-state index contributed by atoms with van der Waals surface area (Å²) in [5.41, 5.74) is 0. The molecular weight excluding hydrogens is 138 g/mol. The minimum absolute atomic E-state index is 0.0468. The van der Waals surface area contributed by atoms with Crippen LogP contribution in [0, 0.1) is 11.3 Å². The van der Waals surface area contributed by atoms with Gasteiger partial charge in [0.25, 0.3) is 0 Å². The van der Waals surface area contributed by atoms with Crippen LogP contribution in [-0.2, 0) is 9.84 Å². The van der Waals surface area contributed by atoms with Crippen LogP contribution in [0.15, 0.2) is 11.5 Å². The van der Waals surface area contributed by atoms with E-state index in [1.165, 1.54) is 6.92 Å². The predicted molar refractivity (Wildman–Crippen MR) is 34.2 cm³/mol. The monoisotopic (exact) mass is 145 g/mol. The molecule has 0 heterocycles. The maximum absolute atomic E-state index is 10.5. The maximum Gasteiger partial charge on any atom is 0.172 e.